The number of amides is 3. The summed E-state index contributed by atoms with van der Waals surface area (Å²) in [6, 6.07) is 15.1. The largest absolute Gasteiger partial charge is 0.454 e. The van der Waals surface area contributed by atoms with Crippen LogP contribution in [0, 0.1) is 5.41 Å². The van der Waals surface area contributed by atoms with Gasteiger partial charge in [-0.1, -0.05) is 32.0 Å². The highest BCUT2D eigenvalue weighted by atomic mass is 16.7. The number of anilines is 2. The summed E-state index contributed by atoms with van der Waals surface area (Å²) in [5.41, 5.74) is 3.38. The van der Waals surface area contributed by atoms with E-state index in [-0.39, 0.29) is 37.1 Å². The van der Waals surface area contributed by atoms with E-state index in [0.717, 1.165) is 35.1 Å². The number of nitrogens with one attached hydrogen (secondary N) is 2. The summed E-state index contributed by atoms with van der Waals surface area (Å²) in [5.74, 6) is 1.61. The van der Waals surface area contributed by atoms with Crippen molar-refractivity contribution in [3.63, 3.8) is 0 Å². The number of fused-ring (bicyclic) bond motifs is 4. The van der Waals surface area contributed by atoms with Crippen LogP contribution in [0.1, 0.15) is 55.0 Å². The predicted octanol–water partition coefficient (Wildman–Crippen LogP) is 4.13. The standard InChI is InChI=1S/C31H30N4O5/c1-30(2)10-9-23(18-6-8-24-25(13-18)40-17-39-24)35(29(30)38)16-26(36)33-21-7-5-19-14-31(15-20(19)12-21)22-4-3-11-32-27(22)34-28(31)37/h3-8,11-13,23H,9-10,14-17H2,1-2H3,(H,33,36)(H,32,34,37)/t23-,31?/m0/s1. The first-order chi connectivity index (χ1) is 19.2. The van der Waals surface area contributed by atoms with Crippen LogP contribution in [0.4, 0.5) is 11.5 Å². The fraction of sp³-hybridized carbons (Fsp3) is 0.355. The molecule has 1 spiro atoms. The van der Waals surface area contributed by atoms with Crippen LogP contribution in [-0.4, -0.2) is 40.9 Å². The van der Waals surface area contributed by atoms with Gasteiger partial charge in [-0.15, -0.1) is 0 Å². The number of nitrogens with zero attached hydrogens (tertiary/aromatic N) is 2. The van der Waals surface area contributed by atoms with Crippen LogP contribution in [0.2, 0.25) is 0 Å². The highest BCUT2D eigenvalue weighted by Gasteiger charge is 2.51. The zero-order valence-corrected chi connectivity index (χ0v) is 22.5. The van der Waals surface area contributed by atoms with Gasteiger partial charge in [-0.3, -0.25) is 14.4 Å². The molecule has 3 amide bonds. The number of hydrogen-bond donors (Lipinski definition) is 2. The van der Waals surface area contributed by atoms with Gasteiger partial charge in [0.15, 0.2) is 11.5 Å². The molecular weight excluding hydrogens is 508 g/mol. The predicted molar refractivity (Wildman–Crippen MR) is 147 cm³/mol. The van der Waals surface area contributed by atoms with Crippen LogP contribution in [0.25, 0.3) is 0 Å². The van der Waals surface area contributed by atoms with E-state index in [4.69, 9.17) is 9.47 Å². The van der Waals surface area contributed by atoms with Crippen LogP contribution in [0.3, 0.4) is 0 Å². The van der Waals surface area contributed by atoms with Gasteiger partial charge in [0.2, 0.25) is 24.5 Å². The minimum Gasteiger partial charge on any atom is -0.454 e. The maximum absolute atomic E-state index is 13.5. The summed E-state index contributed by atoms with van der Waals surface area (Å²) in [6.45, 7) is 3.97. The smallest absolute Gasteiger partial charge is 0.244 e. The molecule has 7 rings (SSSR count). The minimum atomic E-state index is -0.668. The van der Waals surface area contributed by atoms with Crippen LogP contribution < -0.4 is 20.1 Å². The molecule has 0 saturated carbocycles. The summed E-state index contributed by atoms with van der Waals surface area (Å²) < 4.78 is 11.0. The SMILES string of the molecule is CC1(C)CC[C@@H](c2ccc3c(c2)OCO3)N(CC(=O)Nc2ccc3c(c2)CC2(C3)C(=O)Nc3ncccc32)C1=O. The van der Waals surface area contributed by atoms with E-state index in [1.54, 1.807) is 11.1 Å². The second-order valence-corrected chi connectivity index (χ2v) is 11.8. The Morgan fingerprint density at radius 3 is 2.77 bits per heavy atom. The zero-order valence-electron chi connectivity index (χ0n) is 22.5. The Labute approximate surface area is 231 Å². The quantitative estimate of drug-likeness (QED) is 0.517. The van der Waals surface area contributed by atoms with Gasteiger partial charge in [0.05, 0.1) is 11.5 Å². The Hall–Kier alpha value is -4.40. The molecule has 9 heteroatoms. The summed E-state index contributed by atoms with van der Waals surface area (Å²) in [5, 5.41) is 5.93. The number of ether oxygens (including phenoxy) is 2. The van der Waals surface area contributed by atoms with Gasteiger partial charge in [0.1, 0.15) is 12.4 Å². The van der Waals surface area contributed by atoms with Crippen LogP contribution in [0.5, 0.6) is 11.5 Å². The molecule has 0 radical (unpaired) electrons. The van der Waals surface area contributed by atoms with E-state index >= 15 is 0 Å². The van der Waals surface area contributed by atoms with Crippen molar-refractivity contribution in [3.8, 4) is 11.5 Å². The van der Waals surface area contributed by atoms with Gasteiger partial charge in [0, 0.05) is 22.9 Å². The van der Waals surface area contributed by atoms with Crippen molar-refractivity contribution in [1.29, 1.82) is 0 Å². The summed E-state index contributed by atoms with van der Waals surface area (Å²) >= 11 is 0. The highest BCUT2D eigenvalue weighted by Crippen LogP contribution is 2.47. The Morgan fingerprint density at radius 2 is 1.90 bits per heavy atom. The lowest BCUT2D eigenvalue weighted by molar-refractivity contribution is -0.150. The second-order valence-electron chi connectivity index (χ2n) is 11.8. The van der Waals surface area contributed by atoms with Gasteiger partial charge < -0.3 is 25.0 Å². The lowest BCUT2D eigenvalue weighted by atomic mass is 9.78. The third-order valence-corrected chi connectivity index (χ3v) is 8.82. The Bertz CT molecular complexity index is 1580. The van der Waals surface area contributed by atoms with Gasteiger partial charge in [0.25, 0.3) is 0 Å². The van der Waals surface area contributed by atoms with E-state index < -0.39 is 10.8 Å². The molecule has 1 saturated heterocycles. The number of aromatic nitrogens is 1. The molecule has 1 unspecified atom stereocenters. The second kappa shape index (κ2) is 8.81. The Morgan fingerprint density at radius 1 is 1.07 bits per heavy atom. The number of benzene rings is 2. The van der Waals surface area contributed by atoms with E-state index in [0.29, 0.717) is 35.8 Å². The van der Waals surface area contributed by atoms with Gasteiger partial charge in [-0.25, -0.2) is 4.98 Å². The number of likely N-dealkylation sites (tertiary alicyclic amines) is 1. The molecule has 2 atom stereocenters. The molecule has 1 fully saturated rings. The van der Waals surface area contributed by atoms with Crippen molar-refractivity contribution >= 4 is 29.2 Å². The molecule has 204 valence electrons. The minimum absolute atomic E-state index is 0.0382. The molecule has 40 heavy (non-hydrogen) atoms. The Balaban J connectivity index is 1.10. The fourth-order valence-corrected chi connectivity index (χ4v) is 6.64. The number of piperidine rings is 1. The normalized spacial score (nSPS) is 23.6. The highest BCUT2D eigenvalue weighted by molar-refractivity contribution is 6.06. The maximum atomic E-state index is 13.5. The Kier molecular flexibility index (Phi) is 5.42. The van der Waals surface area contributed by atoms with Gasteiger partial charge >= 0.3 is 0 Å². The lowest BCUT2D eigenvalue weighted by Gasteiger charge is -2.43. The van der Waals surface area contributed by atoms with Gasteiger partial charge in [-0.2, -0.15) is 0 Å². The van der Waals surface area contributed by atoms with Crippen LogP contribution in [0.15, 0.2) is 54.7 Å². The van der Waals surface area contributed by atoms with Crippen molar-refractivity contribution in [2.24, 2.45) is 5.41 Å². The fourth-order valence-electron chi connectivity index (χ4n) is 6.64. The molecule has 0 bridgehead atoms. The first-order valence-electron chi connectivity index (χ1n) is 13.6. The van der Waals surface area contributed by atoms with Crippen molar-refractivity contribution in [2.45, 2.75) is 51.0 Å². The van der Waals surface area contributed by atoms with Crippen LogP contribution >= 0.6 is 0 Å². The molecule has 4 aliphatic rings. The number of rotatable bonds is 4. The molecule has 3 aliphatic heterocycles. The molecule has 3 aromatic rings. The van der Waals surface area contributed by atoms with E-state index in [2.05, 4.69) is 15.6 Å². The van der Waals surface area contributed by atoms with E-state index in [1.165, 1.54) is 0 Å². The number of carbonyl (C=O) groups excluding carboxylic acids is 3. The average molecular weight is 539 g/mol. The van der Waals surface area contributed by atoms with Gasteiger partial charge in [-0.05, 0) is 72.7 Å². The molecule has 1 aromatic heterocycles. The monoisotopic (exact) mass is 538 g/mol. The topological polar surface area (TPSA) is 110 Å². The third kappa shape index (κ3) is 3.83. The number of pyridine rings is 1. The third-order valence-electron chi connectivity index (χ3n) is 8.82. The van der Waals surface area contributed by atoms with Crippen molar-refractivity contribution < 1.29 is 23.9 Å². The summed E-state index contributed by atoms with van der Waals surface area (Å²) in [7, 11) is 0. The molecule has 2 N–H and O–H groups in total. The van der Waals surface area contributed by atoms with E-state index in [9.17, 15) is 14.4 Å². The maximum Gasteiger partial charge on any atom is 0.244 e. The zero-order chi connectivity index (χ0) is 27.6. The first kappa shape index (κ1) is 24.6. The van der Waals surface area contributed by atoms with E-state index in [1.807, 2.05) is 62.4 Å². The average Bonchev–Trinajstić information content (AvgIpc) is 3.62. The summed E-state index contributed by atoms with van der Waals surface area (Å²) in [4.78, 5) is 45.9. The van der Waals surface area contributed by atoms with Crippen LogP contribution in [-0.2, 0) is 32.6 Å². The number of carbonyl (C=O) groups is 3. The molecule has 2 aromatic carbocycles. The molecule has 9 nitrogen and oxygen atoms in total. The van der Waals surface area contributed by atoms with Crippen molar-refractivity contribution in [1.82, 2.24) is 9.88 Å². The molecular formula is C31H30N4O5. The molecule has 1 aliphatic carbocycles. The number of hydrogen-bond acceptors (Lipinski definition) is 6. The van der Waals surface area contributed by atoms with Crippen molar-refractivity contribution in [3.05, 3.63) is 77.0 Å². The first-order valence-corrected chi connectivity index (χ1v) is 13.6. The molecule has 4 heterocycles. The summed E-state index contributed by atoms with van der Waals surface area (Å²) in [6.07, 6.45) is 4.28. The lowest BCUT2D eigenvalue weighted by Crippen LogP contribution is -2.50. The van der Waals surface area contributed by atoms with Crippen molar-refractivity contribution in [2.75, 3.05) is 24.0 Å².